The highest BCUT2D eigenvalue weighted by molar-refractivity contribution is 5.76. The Morgan fingerprint density at radius 1 is 1.08 bits per heavy atom. The average molecular weight is 357 g/mol. The molecule has 4 saturated carbocycles. The summed E-state index contributed by atoms with van der Waals surface area (Å²) in [5, 5.41) is 14.3. The lowest BCUT2D eigenvalue weighted by molar-refractivity contribution is -0.171. The molecule has 0 saturated heterocycles. The van der Waals surface area contributed by atoms with E-state index in [0.29, 0.717) is 24.8 Å². The van der Waals surface area contributed by atoms with Gasteiger partial charge in [-0.3, -0.25) is 4.79 Å². The Morgan fingerprint density at radius 2 is 1.65 bits per heavy atom. The molecule has 4 aliphatic carbocycles. The lowest BCUT2D eigenvalue weighted by atomic mass is 9.50. The molecule has 5 rings (SSSR count). The number of nitrogens with zero attached hydrogens (tertiary/aromatic N) is 1. The summed E-state index contributed by atoms with van der Waals surface area (Å²) in [5.41, 5.74) is 1.69. The van der Waals surface area contributed by atoms with E-state index >= 15 is 0 Å². The molecule has 26 heavy (non-hydrogen) atoms. The predicted octanol–water partition coefficient (Wildman–Crippen LogP) is 2.99. The lowest BCUT2D eigenvalue weighted by Gasteiger charge is -2.58. The zero-order valence-corrected chi connectivity index (χ0v) is 16.1. The van der Waals surface area contributed by atoms with Crippen LogP contribution < -0.4 is 10.2 Å². The molecule has 4 bridgehead atoms. The van der Waals surface area contributed by atoms with Gasteiger partial charge in [-0.25, -0.2) is 0 Å². The van der Waals surface area contributed by atoms with Crippen LogP contribution in [0.3, 0.4) is 0 Å². The highest BCUT2D eigenvalue weighted by Gasteiger charge is 2.56. The van der Waals surface area contributed by atoms with E-state index in [0.717, 1.165) is 43.9 Å². The summed E-state index contributed by atoms with van der Waals surface area (Å²) in [6.45, 7) is 0.445. The van der Waals surface area contributed by atoms with E-state index in [4.69, 9.17) is 0 Å². The van der Waals surface area contributed by atoms with Gasteiger partial charge in [-0.05, 0) is 79.9 Å². The lowest BCUT2D eigenvalue weighted by Crippen LogP contribution is -2.62. The van der Waals surface area contributed by atoms with Crippen molar-refractivity contribution in [3.05, 3.63) is 29.8 Å². The minimum atomic E-state index is -0.656. The number of carbonyl (C=O) groups is 1. The molecule has 1 amide bonds. The van der Waals surface area contributed by atoms with Crippen molar-refractivity contribution in [2.45, 2.75) is 50.5 Å². The minimum absolute atomic E-state index is 0.0592. The van der Waals surface area contributed by atoms with Gasteiger partial charge in [0.25, 0.3) is 0 Å². The monoisotopic (exact) mass is 356 g/mol. The quantitative estimate of drug-likeness (QED) is 0.824. The summed E-state index contributed by atoms with van der Waals surface area (Å²) in [4.78, 5) is 14.4. The molecule has 0 aliphatic heterocycles. The van der Waals surface area contributed by atoms with Gasteiger partial charge in [0.15, 0.2) is 0 Å². The molecule has 0 unspecified atom stereocenters. The van der Waals surface area contributed by atoms with Gasteiger partial charge in [-0.15, -0.1) is 0 Å². The van der Waals surface area contributed by atoms with E-state index in [1.54, 1.807) is 0 Å². The molecule has 4 aliphatic rings. The second kappa shape index (κ2) is 6.88. The van der Waals surface area contributed by atoms with Crippen molar-refractivity contribution in [3.63, 3.8) is 0 Å². The number of anilines is 1. The fourth-order valence-corrected chi connectivity index (χ4v) is 5.84. The second-order valence-electron chi connectivity index (χ2n) is 9.13. The molecule has 0 aromatic heterocycles. The fraction of sp³-hybridized carbons (Fsp3) is 0.682. The van der Waals surface area contributed by atoms with Crippen molar-refractivity contribution in [2.24, 2.45) is 23.7 Å². The Kier molecular flexibility index (Phi) is 4.72. The molecule has 142 valence electrons. The van der Waals surface area contributed by atoms with E-state index in [9.17, 15) is 9.90 Å². The number of carbonyl (C=O) groups excluding carboxylic acids is 1. The third-order valence-corrected chi connectivity index (χ3v) is 7.21. The van der Waals surface area contributed by atoms with E-state index in [1.165, 1.54) is 17.7 Å². The van der Waals surface area contributed by atoms with Crippen molar-refractivity contribution >= 4 is 11.6 Å². The Bertz CT molecular complexity index is 625. The van der Waals surface area contributed by atoms with Crippen LogP contribution in [-0.2, 0) is 11.2 Å². The van der Waals surface area contributed by atoms with E-state index < -0.39 is 5.60 Å². The van der Waals surface area contributed by atoms with Crippen LogP contribution in [0, 0.1) is 23.7 Å². The van der Waals surface area contributed by atoms with Crippen LogP contribution in [0.4, 0.5) is 5.69 Å². The van der Waals surface area contributed by atoms with Gasteiger partial charge in [0.05, 0.1) is 5.60 Å². The molecule has 0 radical (unpaired) electrons. The molecule has 4 heteroatoms. The molecule has 0 heterocycles. The van der Waals surface area contributed by atoms with Crippen molar-refractivity contribution in [1.29, 1.82) is 0 Å². The molecule has 4 nitrogen and oxygen atoms in total. The number of hydrogen-bond donors (Lipinski definition) is 2. The van der Waals surface area contributed by atoms with Crippen LogP contribution in [0.15, 0.2) is 24.3 Å². The van der Waals surface area contributed by atoms with Crippen LogP contribution in [0.25, 0.3) is 0 Å². The van der Waals surface area contributed by atoms with Gasteiger partial charge in [-0.1, -0.05) is 12.1 Å². The number of aryl methyl sites for hydroxylation is 1. The SMILES string of the molecule is CN(C)c1ccc(CCC(=O)NCC2(O)C3CC4CC(C3)CC2C4)cc1. The fourth-order valence-electron chi connectivity index (χ4n) is 5.84. The molecule has 2 N–H and O–H groups in total. The smallest absolute Gasteiger partial charge is 0.220 e. The third-order valence-electron chi connectivity index (χ3n) is 7.21. The van der Waals surface area contributed by atoms with E-state index in [1.807, 2.05) is 14.1 Å². The zero-order valence-electron chi connectivity index (χ0n) is 16.1. The summed E-state index contributed by atoms with van der Waals surface area (Å²) in [6.07, 6.45) is 7.26. The predicted molar refractivity (Wildman–Crippen MR) is 104 cm³/mol. The average Bonchev–Trinajstić information content (AvgIpc) is 2.62. The number of hydrogen-bond acceptors (Lipinski definition) is 3. The highest BCUT2D eigenvalue weighted by Crippen LogP contribution is 2.58. The van der Waals surface area contributed by atoms with Crippen LogP contribution in [0.2, 0.25) is 0 Å². The zero-order chi connectivity index (χ0) is 18.3. The molecule has 1 aromatic rings. The number of rotatable bonds is 6. The minimum Gasteiger partial charge on any atom is -0.387 e. The third kappa shape index (κ3) is 3.36. The van der Waals surface area contributed by atoms with Crippen LogP contribution in [0.1, 0.15) is 44.1 Å². The molecular formula is C22H32N2O2. The van der Waals surface area contributed by atoms with Gasteiger partial charge < -0.3 is 15.3 Å². The Hall–Kier alpha value is -1.55. The van der Waals surface area contributed by atoms with Gasteiger partial charge in [-0.2, -0.15) is 0 Å². The molecule has 0 atom stereocenters. The summed E-state index contributed by atoms with van der Waals surface area (Å²) < 4.78 is 0. The number of amides is 1. The van der Waals surface area contributed by atoms with Gasteiger partial charge in [0.2, 0.25) is 5.91 Å². The molecular weight excluding hydrogens is 324 g/mol. The largest absolute Gasteiger partial charge is 0.387 e. The maximum atomic E-state index is 12.3. The van der Waals surface area contributed by atoms with E-state index in [-0.39, 0.29) is 5.91 Å². The van der Waals surface area contributed by atoms with Crippen LogP contribution in [0.5, 0.6) is 0 Å². The molecule has 0 spiro atoms. The number of nitrogens with one attached hydrogen (secondary N) is 1. The summed E-state index contributed by atoms with van der Waals surface area (Å²) >= 11 is 0. The summed E-state index contributed by atoms with van der Waals surface area (Å²) in [7, 11) is 4.05. The van der Waals surface area contributed by atoms with Crippen molar-refractivity contribution in [3.8, 4) is 0 Å². The number of aliphatic hydroxyl groups is 1. The van der Waals surface area contributed by atoms with E-state index in [2.05, 4.69) is 34.5 Å². The maximum absolute atomic E-state index is 12.3. The number of benzene rings is 1. The molecule has 4 fully saturated rings. The normalized spacial score (nSPS) is 34.7. The van der Waals surface area contributed by atoms with Crippen LogP contribution >= 0.6 is 0 Å². The first-order chi connectivity index (χ1) is 12.4. The van der Waals surface area contributed by atoms with Crippen LogP contribution in [-0.4, -0.2) is 37.3 Å². The molecule has 1 aromatic carbocycles. The van der Waals surface area contributed by atoms with Gasteiger partial charge in [0, 0.05) is 32.7 Å². The Labute approximate surface area is 157 Å². The second-order valence-corrected chi connectivity index (χ2v) is 9.13. The first kappa shape index (κ1) is 17.8. The van der Waals surface area contributed by atoms with Gasteiger partial charge >= 0.3 is 0 Å². The topological polar surface area (TPSA) is 52.6 Å². The standard InChI is InChI=1S/C22H32N2O2/c1-24(2)20-6-3-15(4-7-20)5-8-21(25)23-14-22(26)18-10-16-9-17(12-18)13-19(22)11-16/h3-4,6-7,16-19,26H,5,8-14H2,1-2H3,(H,23,25). The summed E-state index contributed by atoms with van der Waals surface area (Å²) in [6, 6.07) is 8.36. The van der Waals surface area contributed by atoms with Crippen molar-refractivity contribution in [2.75, 3.05) is 25.5 Å². The Morgan fingerprint density at radius 3 is 2.19 bits per heavy atom. The first-order valence-electron chi connectivity index (χ1n) is 10.2. The highest BCUT2D eigenvalue weighted by atomic mass is 16.3. The van der Waals surface area contributed by atoms with Crippen molar-refractivity contribution < 1.29 is 9.90 Å². The maximum Gasteiger partial charge on any atom is 0.220 e. The van der Waals surface area contributed by atoms with Gasteiger partial charge in [0.1, 0.15) is 0 Å². The summed E-state index contributed by atoms with van der Waals surface area (Å²) in [5.74, 6) is 2.52. The Balaban J connectivity index is 1.27. The van der Waals surface area contributed by atoms with Crippen molar-refractivity contribution in [1.82, 2.24) is 5.32 Å². The first-order valence-corrected chi connectivity index (χ1v) is 10.2.